The molecule has 0 aromatic carbocycles. The van der Waals surface area contributed by atoms with Crippen molar-refractivity contribution in [1.82, 2.24) is 5.32 Å². The maximum Gasteiger partial charge on any atom is 0.408 e. The third kappa shape index (κ3) is 7.53. The standard InChI is InChI=1S/C15H23NO6/c1-7-8-10(12(17)20-5)9-11(13(18)21-6)16-14(19)22-15(2,3)4/h1,10-11H,8-9H2,2-6H3,(H,16,19). The van der Waals surface area contributed by atoms with Gasteiger partial charge in [0.25, 0.3) is 0 Å². The largest absolute Gasteiger partial charge is 0.469 e. The van der Waals surface area contributed by atoms with Gasteiger partial charge in [-0.2, -0.15) is 0 Å². The highest BCUT2D eigenvalue weighted by Crippen LogP contribution is 2.15. The normalized spacial score (nSPS) is 13.3. The zero-order valence-electron chi connectivity index (χ0n) is 13.6. The number of hydrogen-bond donors (Lipinski definition) is 1. The summed E-state index contributed by atoms with van der Waals surface area (Å²) < 4.78 is 14.3. The molecule has 7 heteroatoms. The van der Waals surface area contributed by atoms with Crippen molar-refractivity contribution in [3.8, 4) is 12.3 Å². The summed E-state index contributed by atoms with van der Waals surface area (Å²) >= 11 is 0. The van der Waals surface area contributed by atoms with Crippen LogP contribution >= 0.6 is 0 Å². The van der Waals surface area contributed by atoms with Crippen LogP contribution in [0.4, 0.5) is 4.79 Å². The van der Waals surface area contributed by atoms with Crippen LogP contribution in [0.1, 0.15) is 33.6 Å². The zero-order chi connectivity index (χ0) is 17.3. The maximum atomic E-state index is 11.8. The summed E-state index contributed by atoms with van der Waals surface area (Å²) in [6.07, 6.45) is 4.46. The van der Waals surface area contributed by atoms with Crippen molar-refractivity contribution in [2.24, 2.45) is 5.92 Å². The van der Waals surface area contributed by atoms with E-state index in [9.17, 15) is 14.4 Å². The molecular formula is C15H23NO6. The molecule has 1 N–H and O–H groups in total. The van der Waals surface area contributed by atoms with E-state index in [1.807, 2.05) is 0 Å². The Morgan fingerprint density at radius 2 is 1.68 bits per heavy atom. The van der Waals surface area contributed by atoms with Gasteiger partial charge < -0.3 is 19.5 Å². The lowest BCUT2D eigenvalue weighted by Gasteiger charge is -2.24. The molecule has 2 atom stereocenters. The van der Waals surface area contributed by atoms with Crippen molar-refractivity contribution in [3.63, 3.8) is 0 Å². The van der Waals surface area contributed by atoms with Crippen LogP contribution in [0.2, 0.25) is 0 Å². The van der Waals surface area contributed by atoms with Crippen molar-refractivity contribution >= 4 is 18.0 Å². The predicted molar refractivity (Wildman–Crippen MR) is 78.7 cm³/mol. The second kappa shape index (κ2) is 8.93. The van der Waals surface area contributed by atoms with Gasteiger partial charge in [-0.25, -0.2) is 9.59 Å². The first-order chi connectivity index (χ1) is 10.1. The Labute approximate surface area is 130 Å². The van der Waals surface area contributed by atoms with Crippen molar-refractivity contribution in [2.45, 2.75) is 45.3 Å². The first-order valence-corrected chi connectivity index (χ1v) is 6.73. The van der Waals surface area contributed by atoms with Crippen LogP contribution in [0.15, 0.2) is 0 Å². The maximum absolute atomic E-state index is 11.8. The van der Waals surface area contributed by atoms with E-state index in [2.05, 4.69) is 20.7 Å². The number of alkyl carbamates (subject to hydrolysis) is 1. The summed E-state index contributed by atoms with van der Waals surface area (Å²) in [4.78, 5) is 35.2. The highest BCUT2D eigenvalue weighted by molar-refractivity contribution is 5.82. The molecule has 0 bridgehead atoms. The number of hydrogen-bond acceptors (Lipinski definition) is 6. The molecule has 2 unspecified atom stereocenters. The molecule has 0 saturated heterocycles. The van der Waals surface area contributed by atoms with E-state index in [0.29, 0.717) is 0 Å². The number of methoxy groups -OCH3 is 2. The van der Waals surface area contributed by atoms with Gasteiger partial charge in [0.15, 0.2) is 0 Å². The first kappa shape index (κ1) is 19.8. The lowest BCUT2D eigenvalue weighted by Crippen LogP contribution is -2.45. The molecule has 0 spiro atoms. The molecule has 7 nitrogen and oxygen atoms in total. The molecule has 0 aliphatic carbocycles. The van der Waals surface area contributed by atoms with Crippen molar-refractivity contribution in [1.29, 1.82) is 0 Å². The molecule has 22 heavy (non-hydrogen) atoms. The Bertz CT molecular complexity index is 446. The number of rotatable bonds is 6. The van der Waals surface area contributed by atoms with Crippen LogP contribution in [-0.2, 0) is 23.8 Å². The van der Waals surface area contributed by atoms with Gasteiger partial charge in [-0.3, -0.25) is 4.79 Å². The Morgan fingerprint density at radius 3 is 2.09 bits per heavy atom. The van der Waals surface area contributed by atoms with E-state index in [1.54, 1.807) is 20.8 Å². The van der Waals surface area contributed by atoms with E-state index in [1.165, 1.54) is 14.2 Å². The van der Waals surface area contributed by atoms with Crippen LogP contribution in [0.25, 0.3) is 0 Å². The van der Waals surface area contributed by atoms with Crippen LogP contribution in [0.5, 0.6) is 0 Å². The Kier molecular flexibility index (Phi) is 8.02. The summed E-state index contributed by atoms with van der Waals surface area (Å²) in [5, 5.41) is 2.38. The van der Waals surface area contributed by atoms with Crippen molar-refractivity contribution in [2.75, 3.05) is 14.2 Å². The number of terminal acetylenes is 1. The quantitative estimate of drug-likeness (QED) is 0.451. The van der Waals surface area contributed by atoms with Gasteiger partial charge in [-0.05, 0) is 27.2 Å². The molecule has 0 aliphatic rings. The van der Waals surface area contributed by atoms with Crippen LogP contribution in [-0.4, -0.2) is 43.9 Å². The molecule has 0 saturated carbocycles. The SMILES string of the molecule is C#CCC(CC(NC(=O)OC(C)(C)C)C(=O)OC)C(=O)OC. The summed E-state index contributed by atoms with van der Waals surface area (Å²) in [5.74, 6) is 0.357. The molecule has 0 aromatic heterocycles. The van der Waals surface area contributed by atoms with Gasteiger partial charge in [0.1, 0.15) is 11.6 Å². The van der Waals surface area contributed by atoms with Gasteiger partial charge in [0, 0.05) is 6.42 Å². The molecule has 0 fully saturated rings. The predicted octanol–water partition coefficient (Wildman–Crippen LogP) is 1.26. The fraction of sp³-hybridized carbons (Fsp3) is 0.667. The van der Waals surface area contributed by atoms with Gasteiger partial charge in [-0.15, -0.1) is 12.3 Å². The van der Waals surface area contributed by atoms with Gasteiger partial charge in [-0.1, -0.05) is 0 Å². The molecule has 0 radical (unpaired) electrons. The fourth-order valence-electron chi connectivity index (χ4n) is 1.66. The number of ether oxygens (including phenoxy) is 3. The topological polar surface area (TPSA) is 90.9 Å². The average molecular weight is 313 g/mol. The van der Waals surface area contributed by atoms with Gasteiger partial charge in [0.2, 0.25) is 0 Å². The van der Waals surface area contributed by atoms with Crippen molar-refractivity contribution < 1.29 is 28.6 Å². The number of carbonyl (C=O) groups excluding carboxylic acids is 3. The van der Waals surface area contributed by atoms with E-state index < -0.39 is 35.6 Å². The Hall–Kier alpha value is -2.23. The third-order valence-electron chi connectivity index (χ3n) is 2.60. The summed E-state index contributed by atoms with van der Waals surface area (Å²) in [6.45, 7) is 5.07. The molecule has 124 valence electrons. The third-order valence-corrected chi connectivity index (χ3v) is 2.60. The number of carbonyl (C=O) groups is 3. The average Bonchev–Trinajstić information content (AvgIpc) is 2.42. The van der Waals surface area contributed by atoms with Crippen molar-refractivity contribution in [3.05, 3.63) is 0 Å². The number of esters is 2. The zero-order valence-corrected chi connectivity index (χ0v) is 13.6. The van der Waals surface area contributed by atoms with Gasteiger partial charge >= 0.3 is 18.0 Å². The Balaban J connectivity index is 4.98. The van der Waals surface area contributed by atoms with Crippen LogP contribution < -0.4 is 5.32 Å². The summed E-state index contributed by atoms with van der Waals surface area (Å²) in [6, 6.07) is -1.06. The van der Waals surface area contributed by atoms with E-state index in [-0.39, 0.29) is 12.8 Å². The number of nitrogens with one attached hydrogen (secondary N) is 1. The second-order valence-electron chi connectivity index (χ2n) is 5.59. The molecule has 0 aliphatic heterocycles. The highest BCUT2D eigenvalue weighted by atomic mass is 16.6. The van der Waals surface area contributed by atoms with E-state index in [4.69, 9.17) is 11.2 Å². The summed E-state index contributed by atoms with van der Waals surface area (Å²) in [5.41, 5.74) is -0.717. The van der Waals surface area contributed by atoms with E-state index >= 15 is 0 Å². The minimum absolute atomic E-state index is 0.0389. The summed E-state index contributed by atoms with van der Waals surface area (Å²) in [7, 11) is 2.40. The smallest absolute Gasteiger partial charge is 0.408 e. The van der Waals surface area contributed by atoms with Gasteiger partial charge in [0.05, 0.1) is 20.1 Å². The second-order valence-corrected chi connectivity index (χ2v) is 5.59. The minimum atomic E-state index is -1.06. The fourth-order valence-corrected chi connectivity index (χ4v) is 1.66. The first-order valence-electron chi connectivity index (χ1n) is 6.73. The van der Waals surface area contributed by atoms with Crippen LogP contribution in [0.3, 0.4) is 0 Å². The molecule has 1 amide bonds. The monoisotopic (exact) mass is 313 g/mol. The molecule has 0 heterocycles. The number of amides is 1. The highest BCUT2D eigenvalue weighted by Gasteiger charge is 2.30. The Morgan fingerprint density at radius 1 is 1.14 bits per heavy atom. The lowest BCUT2D eigenvalue weighted by atomic mass is 9.97. The minimum Gasteiger partial charge on any atom is -0.469 e. The molecular weight excluding hydrogens is 290 g/mol. The van der Waals surface area contributed by atoms with Crippen LogP contribution in [0, 0.1) is 18.3 Å². The molecule has 0 aromatic rings. The molecule has 0 rings (SSSR count). The lowest BCUT2D eigenvalue weighted by molar-refractivity contribution is -0.148. The van der Waals surface area contributed by atoms with E-state index in [0.717, 1.165) is 0 Å².